The number of hydrogen-bond acceptors (Lipinski definition) is 5. The highest BCUT2D eigenvalue weighted by Gasteiger charge is 2.23. The number of halogens is 1. The van der Waals surface area contributed by atoms with Crippen LogP contribution in [0.1, 0.15) is 21.7 Å². The summed E-state index contributed by atoms with van der Waals surface area (Å²) in [5.41, 5.74) is 2.55. The lowest BCUT2D eigenvalue weighted by Gasteiger charge is -2.34. The second kappa shape index (κ2) is 9.65. The number of benzene rings is 1. The lowest BCUT2D eigenvalue weighted by molar-refractivity contribution is -0.117. The van der Waals surface area contributed by atoms with Gasteiger partial charge in [0.2, 0.25) is 5.91 Å². The number of piperazine rings is 1. The number of nitrogens with one attached hydrogen (secondary N) is 1. The van der Waals surface area contributed by atoms with Gasteiger partial charge in [0.1, 0.15) is 17.7 Å². The number of carbonyl (C=O) groups excluding carboxylic acids is 1. The molecular weight excluding hydrogens is 425 g/mol. The topological polar surface area (TPSA) is 64.3 Å². The summed E-state index contributed by atoms with van der Waals surface area (Å²) in [6.07, 6.45) is 0. The Balaban J connectivity index is 1.44. The predicted octanol–water partition coefficient (Wildman–Crippen LogP) is 3.92. The largest absolute Gasteiger partial charge is 0.310 e. The van der Waals surface area contributed by atoms with Crippen LogP contribution in [-0.4, -0.2) is 53.0 Å². The molecule has 1 aromatic carbocycles. The van der Waals surface area contributed by atoms with Crippen molar-refractivity contribution in [3.05, 3.63) is 69.3 Å². The van der Waals surface area contributed by atoms with Crippen LogP contribution in [0.3, 0.4) is 0 Å². The summed E-state index contributed by atoms with van der Waals surface area (Å²) in [7, 11) is 0. The molecule has 0 unspecified atom stereocenters. The molecule has 1 fully saturated rings. The Morgan fingerprint density at radius 2 is 1.91 bits per heavy atom. The summed E-state index contributed by atoms with van der Waals surface area (Å²) in [5.74, 6) is -0.151. The quantitative estimate of drug-likeness (QED) is 0.617. The average Bonchev–Trinajstić information content (AvgIpc) is 3.36. The van der Waals surface area contributed by atoms with Gasteiger partial charge in [-0.2, -0.15) is 5.26 Å². The third-order valence-corrected chi connectivity index (χ3v) is 6.80. The number of aromatic nitrogens is 1. The van der Waals surface area contributed by atoms with Crippen LogP contribution in [0.2, 0.25) is 0 Å². The van der Waals surface area contributed by atoms with Crippen molar-refractivity contribution in [2.24, 2.45) is 0 Å². The number of thiophene rings is 1. The van der Waals surface area contributed by atoms with Crippen molar-refractivity contribution in [2.75, 3.05) is 38.0 Å². The molecule has 8 heteroatoms. The molecule has 3 aromatic rings. The Morgan fingerprint density at radius 1 is 1.16 bits per heavy atom. The van der Waals surface area contributed by atoms with Crippen LogP contribution >= 0.6 is 11.3 Å². The Kier molecular flexibility index (Phi) is 6.70. The van der Waals surface area contributed by atoms with Gasteiger partial charge in [0.25, 0.3) is 0 Å². The molecule has 0 atom stereocenters. The van der Waals surface area contributed by atoms with Crippen molar-refractivity contribution in [3.63, 3.8) is 0 Å². The zero-order valence-electron chi connectivity index (χ0n) is 18.3. The fourth-order valence-electron chi connectivity index (χ4n) is 4.10. The number of amides is 1. The fourth-order valence-corrected chi connectivity index (χ4v) is 4.85. The maximum Gasteiger partial charge on any atom is 0.239 e. The van der Waals surface area contributed by atoms with E-state index in [-0.39, 0.29) is 18.3 Å². The summed E-state index contributed by atoms with van der Waals surface area (Å²) in [6, 6.07) is 12.6. The van der Waals surface area contributed by atoms with Crippen LogP contribution < -0.4 is 5.32 Å². The predicted molar refractivity (Wildman–Crippen MR) is 125 cm³/mol. The molecule has 1 saturated heterocycles. The first-order valence-electron chi connectivity index (χ1n) is 10.6. The van der Waals surface area contributed by atoms with Gasteiger partial charge >= 0.3 is 0 Å². The summed E-state index contributed by atoms with van der Waals surface area (Å²) < 4.78 is 15.6. The first-order valence-corrected chi connectivity index (χ1v) is 11.5. The molecule has 166 valence electrons. The summed E-state index contributed by atoms with van der Waals surface area (Å²) in [5, 5.41) is 14.7. The summed E-state index contributed by atoms with van der Waals surface area (Å²) in [4.78, 5) is 18.8. The van der Waals surface area contributed by atoms with Gasteiger partial charge in [-0.25, -0.2) is 4.39 Å². The molecular formula is C24H26FN5OS. The minimum absolute atomic E-state index is 0.177. The number of hydrogen-bond donors (Lipinski definition) is 1. The molecule has 4 rings (SSSR count). The zero-order chi connectivity index (χ0) is 22.7. The van der Waals surface area contributed by atoms with Gasteiger partial charge in [-0.05, 0) is 49.1 Å². The van der Waals surface area contributed by atoms with Crippen LogP contribution in [0.25, 0.3) is 5.69 Å². The van der Waals surface area contributed by atoms with Gasteiger partial charge in [-0.15, -0.1) is 11.3 Å². The second-order valence-electron chi connectivity index (χ2n) is 8.04. The molecule has 1 amide bonds. The third kappa shape index (κ3) is 4.75. The molecule has 2 aromatic heterocycles. The van der Waals surface area contributed by atoms with E-state index in [0.29, 0.717) is 17.1 Å². The number of rotatable bonds is 6. The van der Waals surface area contributed by atoms with Crippen molar-refractivity contribution in [1.82, 2.24) is 14.4 Å². The minimum Gasteiger partial charge on any atom is -0.310 e. The van der Waals surface area contributed by atoms with Crippen molar-refractivity contribution in [3.8, 4) is 11.8 Å². The molecule has 1 N–H and O–H groups in total. The van der Waals surface area contributed by atoms with E-state index in [1.165, 1.54) is 17.0 Å². The molecule has 0 aliphatic carbocycles. The van der Waals surface area contributed by atoms with E-state index in [0.717, 1.165) is 44.0 Å². The van der Waals surface area contributed by atoms with Crippen LogP contribution in [0.4, 0.5) is 10.2 Å². The summed E-state index contributed by atoms with van der Waals surface area (Å²) >= 11 is 1.76. The molecule has 1 aliphatic heterocycles. The van der Waals surface area contributed by atoms with Gasteiger partial charge < -0.3 is 5.32 Å². The van der Waals surface area contributed by atoms with E-state index in [1.807, 2.05) is 13.8 Å². The van der Waals surface area contributed by atoms with E-state index in [9.17, 15) is 14.4 Å². The van der Waals surface area contributed by atoms with Crippen LogP contribution in [0.15, 0.2) is 41.8 Å². The van der Waals surface area contributed by atoms with Crippen molar-refractivity contribution < 1.29 is 9.18 Å². The van der Waals surface area contributed by atoms with Crippen molar-refractivity contribution in [1.29, 1.82) is 5.26 Å². The third-order valence-electron chi connectivity index (χ3n) is 5.94. The number of carbonyl (C=O) groups is 1. The van der Waals surface area contributed by atoms with E-state index in [2.05, 4.69) is 38.7 Å². The first-order chi connectivity index (χ1) is 15.5. The molecule has 0 saturated carbocycles. The molecule has 0 bridgehead atoms. The van der Waals surface area contributed by atoms with Gasteiger partial charge in [-0.3, -0.25) is 19.2 Å². The fraction of sp³-hybridized carbons (Fsp3) is 0.333. The van der Waals surface area contributed by atoms with Gasteiger partial charge in [0, 0.05) is 43.3 Å². The monoisotopic (exact) mass is 451 g/mol. The van der Waals surface area contributed by atoms with Gasteiger partial charge in [0.15, 0.2) is 0 Å². The average molecular weight is 452 g/mol. The van der Waals surface area contributed by atoms with E-state index in [4.69, 9.17) is 0 Å². The molecule has 3 heterocycles. The molecule has 32 heavy (non-hydrogen) atoms. The second-order valence-corrected chi connectivity index (χ2v) is 9.07. The zero-order valence-corrected chi connectivity index (χ0v) is 19.1. The van der Waals surface area contributed by atoms with Crippen LogP contribution in [-0.2, 0) is 11.3 Å². The van der Waals surface area contributed by atoms with Crippen LogP contribution in [0, 0.1) is 31.0 Å². The maximum atomic E-state index is 13.9. The molecule has 0 radical (unpaired) electrons. The minimum atomic E-state index is -0.371. The lowest BCUT2D eigenvalue weighted by atomic mass is 10.2. The molecule has 1 aliphatic rings. The molecule has 6 nitrogen and oxygen atoms in total. The maximum absolute atomic E-state index is 13.9. The molecule has 0 spiro atoms. The number of nitrogens with zero attached hydrogens (tertiary/aromatic N) is 4. The Morgan fingerprint density at radius 3 is 2.56 bits per heavy atom. The smallest absolute Gasteiger partial charge is 0.239 e. The first kappa shape index (κ1) is 22.2. The highest BCUT2D eigenvalue weighted by Crippen LogP contribution is 2.30. The van der Waals surface area contributed by atoms with Gasteiger partial charge in [0.05, 0.1) is 17.8 Å². The van der Waals surface area contributed by atoms with E-state index in [1.54, 1.807) is 28.0 Å². The van der Waals surface area contributed by atoms with Crippen molar-refractivity contribution in [2.45, 2.75) is 20.4 Å². The Hall–Kier alpha value is -2.99. The van der Waals surface area contributed by atoms with E-state index >= 15 is 0 Å². The standard InChI is InChI=1S/C24H26FN5OS/c1-17-18(2)30(20-6-3-5-19(25)13-20)24(22(17)14-26)27-23(31)16-29-10-8-28(9-11-29)15-21-7-4-12-32-21/h3-7,12-13H,8-11,15-16H2,1-2H3,(H,27,31). The summed E-state index contributed by atoms with van der Waals surface area (Å²) in [6.45, 7) is 8.35. The highest BCUT2D eigenvalue weighted by atomic mass is 32.1. The Bertz CT molecular complexity index is 1140. The number of anilines is 1. The SMILES string of the molecule is Cc1c(C#N)c(NC(=O)CN2CCN(Cc3cccs3)CC2)n(-c2cccc(F)c2)c1C. The highest BCUT2D eigenvalue weighted by molar-refractivity contribution is 7.09. The van der Waals surface area contributed by atoms with E-state index < -0.39 is 0 Å². The lowest BCUT2D eigenvalue weighted by Crippen LogP contribution is -2.48. The normalized spacial score (nSPS) is 14.9. The number of nitriles is 1. The Labute approximate surface area is 191 Å². The van der Waals surface area contributed by atoms with Gasteiger partial charge in [-0.1, -0.05) is 12.1 Å². The van der Waals surface area contributed by atoms with Crippen LogP contribution in [0.5, 0.6) is 0 Å². The van der Waals surface area contributed by atoms with Crippen molar-refractivity contribution >= 4 is 23.1 Å².